The van der Waals surface area contributed by atoms with Crippen LogP contribution in [0.2, 0.25) is 0 Å². The molecule has 0 aliphatic rings. The van der Waals surface area contributed by atoms with Crippen molar-refractivity contribution in [3.63, 3.8) is 0 Å². The molecule has 2 aromatic rings. The summed E-state index contributed by atoms with van der Waals surface area (Å²) in [6.45, 7) is 5.16. The molecule has 0 aliphatic carbocycles. The van der Waals surface area contributed by atoms with E-state index in [9.17, 15) is 14.0 Å². The topological polar surface area (TPSA) is 97.1 Å². The average Bonchev–Trinajstić information content (AvgIpc) is 2.94. The second kappa shape index (κ2) is 7.91. The first-order valence-electron chi connectivity index (χ1n) is 7.23. The van der Waals surface area contributed by atoms with E-state index in [1.807, 2.05) is 0 Å². The summed E-state index contributed by atoms with van der Waals surface area (Å²) in [5.74, 6) is -0.946. The zero-order valence-corrected chi connectivity index (χ0v) is 14.2. The fraction of sp³-hybridized carbons (Fsp3) is 0.333. The Hall–Kier alpha value is -2.42. The van der Waals surface area contributed by atoms with Gasteiger partial charge in [-0.15, -0.1) is 10.2 Å². The summed E-state index contributed by atoms with van der Waals surface area (Å²) in [4.78, 5) is 23.4. The van der Waals surface area contributed by atoms with E-state index in [1.54, 1.807) is 32.9 Å². The monoisotopic (exact) mass is 352 g/mol. The fourth-order valence-corrected chi connectivity index (χ4v) is 2.40. The van der Waals surface area contributed by atoms with Crippen LogP contribution in [0, 0.1) is 5.82 Å². The molecule has 1 aromatic heterocycles. The van der Waals surface area contributed by atoms with Gasteiger partial charge in [-0.2, -0.15) is 0 Å². The maximum atomic E-state index is 13.7. The Morgan fingerprint density at radius 3 is 2.58 bits per heavy atom. The van der Waals surface area contributed by atoms with Gasteiger partial charge in [-0.3, -0.25) is 10.1 Å². The lowest BCUT2D eigenvalue weighted by atomic mass is 10.2. The summed E-state index contributed by atoms with van der Waals surface area (Å²) in [5, 5.41) is 11.8. The number of nitrogens with zero attached hydrogens (tertiary/aromatic N) is 2. The molecule has 0 bridgehead atoms. The molecule has 0 spiro atoms. The molecule has 0 fully saturated rings. The SMILES string of the molecule is CC(C)NC(=O)NC(=O)[C@H](C)Sc1nnc(-c2ccccc2F)o1. The number of carbonyl (C=O) groups excluding carboxylic acids is 2. The quantitative estimate of drug-likeness (QED) is 0.803. The van der Waals surface area contributed by atoms with E-state index in [1.165, 1.54) is 12.1 Å². The number of hydrogen-bond donors (Lipinski definition) is 2. The van der Waals surface area contributed by atoms with Crippen LogP contribution >= 0.6 is 11.8 Å². The average molecular weight is 352 g/mol. The number of nitrogens with one attached hydrogen (secondary N) is 2. The van der Waals surface area contributed by atoms with Gasteiger partial charge in [-0.25, -0.2) is 9.18 Å². The standard InChI is InChI=1S/C15H17FN4O3S/c1-8(2)17-14(22)18-12(21)9(3)24-15-20-19-13(23-15)10-6-4-5-7-11(10)16/h4-9H,1-3H3,(H2,17,18,21,22)/t9-/m0/s1. The second-order valence-corrected chi connectivity index (χ2v) is 6.52. The lowest BCUT2D eigenvalue weighted by Crippen LogP contribution is -2.45. The molecule has 2 rings (SSSR count). The van der Waals surface area contributed by atoms with Gasteiger partial charge in [0.1, 0.15) is 5.82 Å². The number of urea groups is 1. The third-order valence-electron chi connectivity index (χ3n) is 2.81. The number of amides is 3. The molecule has 24 heavy (non-hydrogen) atoms. The summed E-state index contributed by atoms with van der Waals surface area (Å²) in [6.07, 6.45) is 0. The lowest BCUT2D eigenvalue weighted by molar-refractivity contribution is -0.119. The van der Waals surface area contributed by atoms with E-state index in [2.05, 4.69) is 20.8 Å². The molecule has 0 saturated carbocycles. The molecule has 0 aliphatic heterocycles. The maximum absolute atomic E-state index is 13.7. The van der Waals surface area contributed by atoms with Crippen molar-refractivity contribution >= 4 is 23.7 Å². The first-order chi connectivity index (χ1) is 11.4. The molecule has 0 unspecified atom stereocenters. The zero-order valence-electron chi connectivity index (χ0n) is 13.4. The third-order valence-corrected chi connectivity index (χ3v) is 3.75. The Labute approximate surface area is 142 Å². The van der Waals surface area contributed by atoms with Gasteiger partial charge in [-0.1, -0.05) is 23.9 Å². The molecule has 1 aromatic carbocycles. The third kappa shape index (κ3) is 4.79. The molecular formula is C15H17FN4O3S. The highest BCUT2D eigenvalue weighted by Crippen LogP contribution is 2.27. The minimum absolute atomic E-state index is 0.0285. The van der Waals surface area contributed by atoms with Crippen LogP contribution in [0.1, 0.15) is 20.8 Å². The molecule has 2 N–H and O–H groups in total. The Bertz CT molecular complexity index is 735. The molecule has 9 heteroatoms. The predicted molar refractivity (Wildman–Crippen MR) is 86.8 cm³/mol. The molecule has 1 heterocycles. The van der Waals surface area contributed by atoms with Gasteiger partial charge in [0, 0.05) is 6.04 Å². The lowest BCUT2D eigenvalue weighted by Gasteiger charge is -2.11. The molecular weight excluding hydrogens is 335 g/mol. The predicted octanol–water partition coefficient (Wildman–Crippen LogP) is 2.59. The second-order valence-electron chi connectivity index (χ2n) is 5.23. The Morgan fingerprint density at radius 1 is 1.21 bits per heavy atom. The summed E-state index contributed by atoms with van der Waals surface area (Å²) in [7, 11) is 0. The molecule has 128 valence electrons. The Kier molecular flexibility index (Phi) is 5.91. The van der Waals surface area contributed by atoms with Crippen LogP contribution in [0.15, 0.2) is 33.9 Å². The van der Waals surface area contributed by atoms with Crippen molar-refractivity contribution in [2.45, 2.75) is 37.3 Å². The Balaban J connectivity index is 1.98. The van der Waals surface area contributed by atoms with Crippen LogP contribution < -0.4 is 10.6 Å². The normalized spacial score (nSPS) is 12.0. The van der Waals surface area contributed by atoms with Crippen molar-refractivity contribution in [2.75, 3.05) is 0 Å². The van der Waals surface area contributed by atoms with Crippen molar-refractivity contribution in [1.29, 1.82) is 0 Å². The van der Waals surface area contributed by atoms with E-state index >= 15 is 0 Å². The van der Waals surface area contributed by atoms with Crippen LogP contribution in [0.4, 0.5) is 9.18 Å². The number of carbonyl (C=O) groups is 2. The zero-order chi connectivity index (χ0) is 17.7. The maximum Gasteiger partial charge on any atom is 0.321 e. The van der Waals surface area contributed by atoms with E-state index in [0.29, 0.717) is 0 Å². The molecule has 3 amide bonds. The van der Waals surface area contributed by atoms with Crippen molar-refractivity contribution in [2.24, 2.45) is 0 Å². The summed E-state index contributed by atoms with van der Waals surface area (Å²) >= 11 is 0.979. The fourth-order valence-electron chi connectivity index (χ4n) is 1.72. The van der Waals surface area contributed by atoms with Crippen LogP contribution in [0.5, 0.6) is 0 Å². The van der Waals surface area contributed by atoms with E-state index < -0.39 is 23.0 Å². The van der Waals surface area contributed by atoms with Gasteiger partial charge in [-0.05, 0) is 32.9 Å². The van der Waals surface area contributed by atoms with Gasteiger partial charge in [0.15, 0.2) is 0 Å². The van der Waals surface area contributed by atoms with Gasteiger partial charge < -0.3 is 9.73 Å². The van der Waals surface area contributed by atoms with Crippen LogP contribution in [0.3, 0.4) is 0 Å². The number of rotatable bonds is 5. The number of aromatic nitrogens is 2. The number of halogens is 1. The minimum Gasteiger partial charge on any atom is -0.411 e. The van der Waals surface area contributed by atoms with Crippen LogP contribution in [-0.2, 0) is 4.79 Å². The van der Waals surface area contributed by atoms with E-state index in [0.717, 1.165) is 11.8 Å². The first kappa shape index (κ1) is 17.9. The smallest absolute Gasteiger partial charge is 0.321 e. The highest BCUT2D eigenvalue weighted by Gasteiger charge is 2.21. The van der Waals surface area contributed by atoms with Crippen molar-refractivity contribution in [3.05, 3.63) is 30.1 Å². The summed E-state index contributed by atoms with van der Waals surface area (Å²) in [5.41, 5.74) is 0.185. The number of hydrogen-bond acceptors (Lipinski definition) is 6. The summed E-state index contributed by atoms with van der Waals surface area (Å²) in [6, 6.07) is 5.36. The van der Waals surface area contributed by atoms with Crippen LogP contribution in [-0.4, -0.2) is 33.4 Å². The van der Waals surface area contributed by atoms with Gasteiger partial charge >= 0.3 is 6.03 Å². The minimum atomic E-state index is -0.642. The van der Waals surface area contributed by atoms with Crippen molar-refractivity contribution < 1.29 is 18.4 Å². The van der Waals surface area contributed by atoms with Gasteiger partial charge in [0.25, 0.3) is 11.1 Å². The molecule has 0 radical (unpaired) electrons. The summed E-state index contributed by atoms with van der Waals surface area (Å²) < 4.78 is 19.0. The van der Waals surface area contributed by atoms with Crippen molar-refractivity contribution in [3.8, 4) is 11.5 Å². The van der Waals surface area contributed by atoms with Gasteiger partial charge in [0.05, 0.1) is 10.8 Å². The Morgan fingerprint density at radius 2 is 1.92 bits per heavy atom. The van der Waals surface area contributed by atoms with Crippen molar-refractivity contribution in [1.82, 2.24) is 20.8 Å². The number of benzene rings is 1. The van der Waals surface area contributed by atoms with E-state index in [4.69, 9.17) is 4.42 Å². The van der Waals surface area contributed by atoms with Gasteiger partial charge in [0.2, 0.25) is 5.91 Å². The van der Waals surface area contributed by atoms with Crippen LogP contribution in [0.25, 0.3) is 11.5 Å². The first-order valence-corrected chi connectivity index (χ1v) is 8.11. The molecule has 1 atom stereocenters. The number of thioether (sulfide) groups is 1. The largest absolute Gasteiger partial charge is 0.411 e. The van der Waals surface area contributed by atoms with E-state index in [-0.39, 0.29) is 22.7 Å². The molecule has 0 saturated heterocycles. The highest BCUT2D eigenvalue weighted by atomic mass is 32.2. The number of imide groups is 1. The molecule has 7 nitrogen and oxygen atoms in total. The highest BCUT2D eigenvalue weighted by molar-refractivity contribution is 8.00.